The maximum atomic E-state index is 12.3. The van der Waals surface area contributed by atoms with Crippen molar-refractivity contribution >= 4 is 10.0 Å². The van der Waals surface area contributed by atoms with Gasteiger partial charge < -0.3 is 9.84 Å². The van der Waals surface area contributed by atoms with E-state index >= 15 is 0 Å². The SMILES string of the molecule is CCOCCCNS(=O)(=O)c1ccc(C)cc1C#CCO. The molecule has 0 radical (unpaired) electrons. The number of aryl methyl sites for hydroxylation is 1. The Morgan fingerprint density at radius 3 is 2.81 bits per heavy atom. The van der Waals surface area contributed by atoms with Crippen molar-refractivity contribution in [3.05, 3.63) is 29.3 Å². The highest BCUT2D eigenvalue weighted by Gasteiger charge is 2.17. The molecule has 0 saturated carbocycles. The zero-order valence-electron chi connectivity index (χ0n) is 12.3. The molecule has 0 aliphatic rings. The molecule has 2 N–H and O–H groups in total. The van der Waals surface area contributed by atoms with Crippen molar-refractivity contribution in [2.24, 2.45) is 0 Å². The largest absolute Gasteiger partial charge is 0.384 e. The predicted molar refractivity (Wildman–Crippen MR) is 81.4 cm³/mol. The number of nitrogens with one attached hydrogen (secondary N) is 1. The zero-order valence-corrected chi connectivity index (χ0v) is 13.2. The molecule has 1 aromatic rings. The van der Waals surface area contributed by atoms with Crippen LogP contribution in [-0.4, -0.2) is 39.9 Å². The highest BCUT2D eigenvalue weighted by molar-refractivity contribution is 7.89. The molecule has 0 unspecified atom stereocenters. The lowest BCUT2D eigenvalue weighted by Crippen LogP contribution is -2.26. The van der Waals surface area contributed by atoms with Gasteiger partial charge in [-0.15, -0.1) is 0 Å². The summed E-state index contributed by atoms with van der Waals surface area (Å²) in [7, 11) is -3.61. The summed E-state index contributed by atoms with van der Waals surface area (Å²) < 4.78 is 32.2. The summed E-state index contributed by atoms with van der Waals surface area (Å²) in [6.45, 7) is 4.88. The second kappa shape index (κ2) is 8.80. The molecule has 0 fully saturated rings. The molecule has 21 heavy (non-hydrogen) atoms. The van der Waals surface area contributed by atoms with Crippen molar-refractivity contribution in [3.8, 4) is 11.8 Å². The summed E-state index contributed by atoms with van der Waals surface area (Å²) in [6, 6.07) is 4.94. The van der Waals surface area contributed by atoms with Crippen molar-refractivity contribution in [2.45, 2.75) is 25.2 Å². The van der Waals surface area contributed by atoms with Crippen molar-refractivity contribution < 1.29 is 18.3 Å². The third-order valence-electron chi connectivity index (χ3n) is 2.69. The van der Waals surface area contributed by atoms with Gasteiger partial charge in [-0.25, -0.2) is 13.1 Å². The van der Waals surface area contributed by atoms with Crippen LogP contribution in [0.2, 0.25) is 0 Å². The number of benzene rings is 1. The second-order valence-electron chi connectivity index (χ2n) is 4.41. The van der Waals surface area contributed by atoms with E-state index in [1.54, 1.807) is 12.1 Å². The third-order valence-corrected chi connectivity index (χ3v) is 4.21. The quantitative estimate of drug-likeness (QED) is 0.583. The van der Waals surface area contributed by atoms with Crippen LogP contribution in [-0.2, 0) is 14.8 Å². The Morgan fingerprint density at radius 2 is 2.14 bits per heavy atom. The molecule has 0 aromatic heterocycles. The summed E-state index contributed by atoms with van der Waals surface area (Å²) in [5.74, 6) is 5.16. The van der Waals surface area contributed by atoms with E-state index in [0.717, 1.165) is 5.56 Å². The normalized spacial score (nSPS) is 11.0. The van der Waals surface area contributed by atoms with Gasteiger partial charge in [0.2, 0.25) is 10.0 Å². The average Bonchev–Trinajstić information content (AvgIpc) is 2.44. The van der Waals surface area contributed by atoms with Gasteiger partial charge in [-0.2, -0.15) is 0 Å². The Bertz CT molecular complexity index is 614. The lowest BCUT2D eigenvalue weighted by Gasteiger charge is -2.09. The molecule has 0 atom stereocenters. The Labute approximate surface area is 126 Å². The highest BCUT2D eigenvalue weighted by Crippen LogP contribution is 2.16. The zero-order chi connectivity index (χ0) is 15.7. The van der Waals surface area contributed by atoms with Gasteiger partial charge in [0.15, 0.2) is 0 Å². The molecule has 0 saturated heterocycles. The minimum Gasteiger partial charge on any atom is -0.384 e. The van der Waals surface area contributed by atoms with Crippen LogP contribution in [0.4, 0.5) is 0 Å². The van der Waals surface area contributed by atoms with Gasteiger partial charge >= 0.3 is 0 Å². The molecule has 1 rings (SSSR count). The van der Waals surface area contributed by atoms with Crippen LogP contribution in [0.5, 0.6) is 0 Å². The summed E-state index contributed by atoms with van der Waals surface area (Å²) in [4.78, 5) is 0.130. The first-order valence-electron chi connectivity index (χ1n) is 6.79. The fourth-order valence-electron chi connectivity index (χ4n) is 1.71. The van der Waals surface area contributed by atoms with Crippen LogP contribution in [0.1, 0.15) is 24.5 Å². The number of hydrogen-bond donors (Lipinski definition) is 2. The van der Waals surface area contributed by atoms with E-state index in [0.29, 0.717) is 31.7 Å². The molecule has 1 aromatic carbocycles. The van der Waals surface area contributed by atoms with Crippen LogP contribution >= 0.6 is 0 Å². The molecule has 0 bridgehead atoms. The topological polar surface area (TPSA) is 75.6 Å². The minimum atomic E-state index is -3.61. The van der Waals surface area contributed by atoms with Crippen LogP contribution in [0.15, 0.2) is 23.1 Å². The molecule has 0 spiro atoms. The molecule has 116 valence electrons. The third kappa shape index (κ3) is 5.86. The Kier molecular flexibility index (Phi) is 7.40. The number of ether oxygens (including phenoxy) is 1. The van der Waals surface area contributed by atoms with Crippen LogP contribution in [0.3, 0.4) is 0 Å². The summed E-state index contributed by atoms with van der Waals surface area (Å²) >= 11 is 0. The molecule has 6 heteroatoms. The lowest BCUT2D eigenvalue weighted by atomic mass is 10.1. The number of aliphatic hydroxyl groups excluding tert-OH is 1. The molecule has 5 nitrogen and oxygen atoms in total. The van der Waals surface area contributed by atoms with E-state index in [1.807, 2.05) is 13.8 Å². The van der Waals surface area contributed by atoms with Crippen molar-refractivity contribution in [3.63, 3.8) is 0 Å². The average molecular weight is 311 g/mol. The lowest BCUT2D eigenvalue weighted by molar-refractivity contribution is 0.146. The fourth-order valence-corrected chi connectivity index (χ4v) is 2.93. The molecule has 0 aliphatic heterocycles. The Balaban J connectivity index is 2.87. The first kappa shape index (κ1) is 17.7. The smallest absolute Gasteiger partial charge is 0.241 e. The molecule has 0 aliphatic carbocycles. The monoisotopic (exact) mass is 311 g/mol. The molecular weight excluding hydrogens is 290 g/mol. The van der Waals surface area contributed by atoms with Gasteiger partial charge in [-0.3, -0.25) is 0 Å². The van der Waals surface area contributed by atoms with E-state index in [-0.39, 0.29) is 11.5 Å². The van der Waals surface area contributed by atoms with E-state index < -0.39 is 10.0 Å². The maximum absolute atomic E-state index is 12.3. The van der Waals surface area contributed by atoms with E-state index in [4.69, 9.17) is 9.84 Å². The second-order valence-corrected chi connectivity index (χ2v) is 6.14. The minimum absolute atomic E-state index is 0.130. The van der Waals surface area contributed by atoms with E-state index in [1.165, 1.54) is 6.07 Å². The van der Waals surface area contributed by atoms with Gasteiger partial charge in [0.25, 0.3) is 0 Å². The van der Waals surface area contributed by atoms with Gasteiger partial charge in [-0.05, 0) is 38.0 Å². The van der Waals surface area contributed by atoms with Crippen molar-refractivity contribution in [1.82, 2.24) is 4.72 Å². The summed E-state index contributed by atoms with van der Waals surface area (Å²) in [5.41, 5.74) is 1.30. The first-order valence-corrected chi connectivity index (χ1v) is 8.27. The van der Waals surface area contributed by atoms with Crippen molar-refractivity contribution in [1.29, 1.82) is 0 Å². The van der Waals surface area contributed by atoms with Gasteiger partial charge in [-0.1, -0.05) is 17.9 Å². The van der Waals surface area contributed by atoms with Crippen LogP contribution < -0.4 is 4.72 Å². The summed E-state index contributed by atoms with van der Waals surface area (Å²) in [5, 5.41) is 8.76. The van der Waals surface area contributed by atoms with E-state index in [2.05, 4.69) is 16.6 Å². The van der Waals surface area contributed by atoms with Crippen molar-refractivity contribution in [2.75, 3.05) is 26.4 Å². The summed E-state index contributed by atoms with van der Waals surface area (Å²) in [6.07, 6.45) is 0.608. The van der Waals surface area contributed by atoms with Crippen LogP contribution in [0.25, 0.3) is 0 Å². The number of aliphatic hydroxyl groups is 1. The van der Waals surface area contributed by atoms with Gasteiger partial charge in [0.1, 0.15) is 6.61 Å². The maximum Gasteiger partial charge on any atom is 0.241 e. The highest BCUT2D eigenvalue weighted by atomic mass is 32.2. The number of rotatable bonds is 7. The Morgan fingerprint density at radius 1 is 1.38 bits per heavy atom. The van der Waals surface area contributed by atoms with E-state index in [9.17, 15) is 8.42 Å². The molecule has 0 amide bonds. The number of hydrogen-bond acceptors (Lipinski definition) is 4. The molecular formula is C15H21NO4S. The molecule has 0 heterocycles. The standard InChI is InChI=1S/C15H21NO4S/c1-3-20-11-5-9-16-21(18,19)15-8-7-13(2)12-14(15)6-4-10-17/h7-8,12,16-17H,3,5,9-11H2,1-2H3. The van der Waals surface area contributed by atoms with Gasteiger partial charge in [0.05, 0.1) is 4.90 Å². The van der Waals surface area contributed by atoms with Crippen LogP contribution in [0, 0.1) is 18.8 Å². The fraction of sp³-hybridized carbons (Fsp3) is 0.467. The predicted octanol–water partition coefficient (Wildman–Crippen LogP) is 1.04. The van der Waals surface area contributed by atoms with Gasteiger partial charge in [0, 0.05) is 25.3 Å². The number of sulfonamides is 1. The Hall–Kier alpha value is -1.39. The first-order chi connectivity index (χ1) is 10.0.